The van der Waals surface area contributed by atoms with Crippen molar-refractivity contribution in [2.24, 2.45) is 5.73 Å². The molecular weight excluding hydrogens is 320 g/mol. The number of benzene rings is 1. The molecule has 0 radical (unpaired) electrons. The first-order valence-corrected chi connectivity index (χ1v) is 7.26. The molecule has 2 rings (SSSR count). The summed E-state index contributed by atoms with van der Waals surface area (Å²) in [5.74, 6) is -0.522. The molecule has 106 valence electrons. The second kappa shape index (κ2) is 6.67. The van der Waals surface area contributed by atoms with Crippen LogP contribution in [0.25, 0.3) is 5.69 Å². The van der Waals surface area contributed by atoms with Gasteiger partial charge in [0.05, 0.1) is 5.69 Å². The van der Waals surface area contributed by atoms with Crippen molar-refractivity contribution >= 4 is 21.8 Å². The molecule has 5 nitrogen and oxygen atoms in total. The summed E-state index contributed by atoms with van der Waals surface area (Å²) in [6, 6.07) is 7.58. The standard InChI is InChI=1S/C14H17BrN4O/c1-2-6-17-9-10-8-11(15)3-4-13(10)19-7-5-12(18-19)14(16)20/h3-5,7-8,17H,2,6,9H2,1H3,(H2,16,20). The van der Waals surface area contributed by atoms with Crippen LogP contribution in [0, 0.1) is 0 Å². The molecule has 0 aliphatic carbocycles. The van der Waals surface area contributed by atoms with Gasteiger partial charge in [-0.1, -0.05) is 22.9 Å². The molecule has 0 saturated heterocycles. The highest BCUT2D eigenvalue weighted by Crippen LogP contribution is 2.20. The number of amides is 1. The fourth-order valence-corrected chi connectivity index (χ4v) is 2.32. The number of nitrogens with one attached hydrogen (secondary N) is 1. The smallest absolute Gasteiger partial charge is 0.269 e. The van der Waals surface area contributed by atoms with Crippen LogP contribution in [0.4, 0.5) is 0 Å². The largest absolute Gasteiger partial charge is 0.364 e. The highest BCUT2D eigenvalue weighted by Gasteiger charge is 2.09. The van der Waals surface area contributed by atoms with Crippen LogP contribution in [0.1, 0.15) is 29.4 Å². The van der Waals surface area contributed by atoms with Gasteiger partial charge in [-0.15, -0.1) is 0 Å². The van der Waals surface area contributed by atoms with E-state index in [0.29, 0.717) is 0 Å². The molecule has 0 atom stereocenters. The quantitative estimate of drug-likeness (QED) is 0.794. The molecule has 0 spiro atoms. The molecule has 0 bridgehead atoms. The van der Waals surface area contributed by atoms with Crippen molar-refractivity contribution in [1.82, 2.24) is 15.1 Å². The number of aromatic nitrogens is 2. The zero-order chi connectivity index (χ0) is 14.5. The molecular formula is C14H17BrN4O. The predicted octanol–water partition coefficient (Wildman–Crippen LogP) is 2.23. The van der Waals surface area contributed by atoms with Gasteiger partial charge in [-0.2, -0.15) is 5.10 Å². The van der Waals surface area contributed by atoms with Gasteiger partial charge in [0.25, 0.3) is 5.91 Å². The third-order valence-corrected chi connectivity index (χ3v) is 3.37. The number of hydrogen-bond acceptors (Lipinski definition) is 3. The van der Waals surface area contributed by atoms with Crippen molar-refractivity contribution in [3.8, 4) is 5.69 Å². The van der Waals surface area contributed by atoms with E-state index < -0.39 is 5.91 Å². The van der Waals surface area contributed by atoms with Crippen LogP contribution >= 0.6 is 15.9 Å². The Kier molecular flexibility index (Phi) is 4.92. The Labute approximate surface area is 126 Å². The van der Waals surface area contributed by atoms with Crippen molar-refractivity contribution < 1.29 is 4.79 Å². The summed E-state index contributed by atoms with van der Waals surface area (Å²) in [5, 5.41) is 7.56. The fraction of sp³-hybridized carbons (Fsp3) is 0.286. The van der Waals surface area contributed by atoms with E-state index in [0.717, 1.165) is 35.2 Å². The molecule has 1 aromatic heterocycles. The van der Waals surface area contributed by atoms with Crippen LogP contribution in [-0.2, 0) is 6.54 Å². The van der Waals surface area contributed by atoms with Crippen LogP contribution in [0.3, 0.4) is 0 Å². The van der Waals surface area contributed by atoms with Crippen LogP contribution in [0.15, 0.2) is 34.9 Å². The number of nitrogens with two attached hydrogens (primary N) is 1. The Morgan fingerprint density at radius 2 is 2.25 bits per heavy atom. The number of hydrogen-bond donors (Lipinski definition) is 2. The van der Waals surface area contributed by atoms with Gasteiger partial charge in [0.1, 0.15) is 5.69 Å². The van der Waals surface area contributed by atoms with E-state index in [9.17, 15) is 4.79 Å². The molecule has 6 heteroatoms. The summed E-state index contributed by atoms with van der Waals surface area (Å²) in [5.41, 5.74) is 7.53. The second-order valence-electron chi connectivity index (χ2n) is 4.46. The van der Waals surface area contributed by atoms with Gasteiger partial charge in [-0.3, -0.25) is 4.79 Å². The third kappa shape index (κ3) is 3.46. The molecule has 1 amide bonds. The summed E-state index contributed by atoms with van der Waals surface area (Å²) in [4.78, 5) is 11.1. The average molecular weight is 337 g/mol. The lowest BCUT2D eigenvalue weighted by atomic mass is 10.2. The van der Waals surface area contributed by atoms with Crippen LogP contribution in [-0.4, -0.2) is 22.2 Å². The maximum absolute atomic E-state index is 11.1. The number of nitrogens with zero attached hydrogens (tertiary/aromatic N) is 2. The molecule has 1 aromatic carbocycles. The molecule has 0 fully saturated rings. The van der Waals surface area contributed by atoms with Crippen LogP contribution < -0.4 is 11.1 Å². The second-order valence-corrected chi connectivity index (χ2v) is 5.38. The van der Waals surface area contributed by atoms with Crippen LogP contribution in [0.2, 0.25) is 0 Å². The molecule has 20 heavy (non-hydrogen) atoms. The Morgan fingerprint density at radius 3 is 2.90 bits per heavy atom. The van der Waals surface area contributed by atoms with E-state index >= 15 is 0 Å². The van der Waals surface area contributed by atoms with E-state index in [2.05, 4.69) is 33.3 Å². The van der Waals surface area contributed by atoms with E-state index in [1.54, 1.807) is 16.9 Å². The lowest BCUT2D eigenvalue weighted by Crippen LogP contribution is -2.16. The van der Waals surface area contributed by atoms with E-state index in [4.69, 9.17) is 5.73 Å². The number of primary amides is 1. The molecule has 0 unspecified atom stereocenters. The minimum Gasteiger partial charge on any atom is -0.364 e. The Hall–Kier alpha value is -1.66. The van der Waals surface area contributed by atoms with Gasteiger partial charge in [-0.05, 0) is 42.8 Å². The molecule has 3 N–H and O–H groups in total. The van der Waals surface area contributed by atoms with Crippen LogP contribution in [0.5, 0.6) is 0 Å². The van der Waals surface area contributed by atoms with Gasteiger partial charge in [0.2, 0.25) is 0 Å². The molecule has 2 aromatic rings. The summed E-state index contributed by atoms with van der Waals surface area (Å²) in [6.45, 7) is 3.83. The molecule has 0 aliphatic rings. The molecule has 0 saturated carbocycles. The topological polar surface area (TPSA) is 72.9 Å². The van der Waals surface area contributed by atoms with Crippen molar-refractivity contribution in [2.45, 2.75) is 19.9 Å². The monoisotopic (exact) mass is 336 g/mol. The first kappa shape index (κ1) is 14.7. The summed E-state index contributed by atoms with van der Waals surface area (Å²) in [7, 11) is 0. The third-order valence-electron chi connectivity index (χ3n) is 2.87. The van der Waals surface area contributed by atoms with Gasteiger partial charge in [0, 0.05) is 17.2 Å². The minimum atomic E-state index is -0.522. The SMILES string of the molecule is CCCNCc1cc(Br)ccc1-n1ccc(C(N)=O)n1. The first-order valence-electron chi connectivity index (χ1n) is 6.47. The van der Waals surface area contributed by atoms with Crippen molar-refractivity contribution in [3.05, 3.63) is 46.2 Å². The highest BCUT2D eigenvalue weighted by atomic mass is 79.9. The molecule has 0 aliphatic heterocycles. The van der Waals surface area contributed by atoms with Gasteiger partial charge >= 0.3 is 0 Å². The Balaban J connectivity index is 2.31. The van der Waals surface area contributed by atoms with Crippen molar-refractivity contribution in [3.63, 3.8) is 0 Å². The minimum absolute atomic E-state index is 0.264. The fourth-order valence-electron chi connectivity index (χ4n) is 1.91. The molecule has 1 heterocycles. The lowest BCUT2D eigenvalue weighted by molar-refractivity contribution is 0.0995. The zero-order valence-electron chi connectivity index (χ0n) is 11.3. The van der Waals surface area contributed by atoms with Gasteiger partial charge in [-0.25, -0.2) is 4.68 Å². The zero-order valence-corrected chi connectivity index (χ0v) is 12.9. The number of halogens is 1. The summed E-state index contributed by atoms with van der Waals surface area (Å²) >= 11 is 3.47. The Morgan fingerprint density at radius 1 is 1.45 bits per heavy atom. The normalized spacial score (nSPS) is 10.7. The predicted molar refractivity (Wildman–Crippen MR) is 81.8 cm³/mol. The van der Waals surface area contributed by atoms with E-state index in [1.807, 2.05) is 18.2 Å². The van der Waals surface area contributed by atoms with Crippen molar-refractivity contribution in [2.75, 3.05) is 6.54 Å². The van der Waals surface area contributed by atoms with Gasteiger partial charge < -0.3 is 11.1 Å². The average Bonchev–Trinajstić information content (AvgIpc) is 2.89. The van der Waals surface area contributed by atoms with E-state index in [1.165, 1.54) is 0 Å². The van der Waals surface area contributed by atoms with Gasteiger partial charge in [0.15, 0.2) is 0 Å². The summed E-state index contributed by atoms with van der Waals surface area (Å²) in [6.07, 6.45) is 2.82. The highest BCUT2D eigenvalue weighted by molar-refractivity contribution is 9.10. The first-order chi connectivity index (χ1) is 9.61. The lowest BCUT2D eigenvalue weighted by Gasteiger charge is -2.11. The number of carbonyl (C=O) groups excluding carboxylic acids is 1. The number of rotatable bonds is 6. The maximum atomic E-state index is 11.1. The Bertz CT molecular complexity index is 609. The summed E-state index contributed by atoms with van der Waals surface area (Å²) < 4.78 is 2.69. The van der Waals surface area contributed by atoms with Crippen molar-refractivity contribution in [1.29, 1.82) is 0 Å². The number of carbonyl (C=O) groups is 1. The van der Waals surface area contributed by atoms with E-state index in [-0.39, 0.29) is 5.69 Å². The maximum Gasteiger partial charge on any atom is 0.269 e.